The Morgan fingerprint density at radius 1 is 0.298 bits per heavy atom. The van der Waals surface area contributed by atoms with Gasteiger partial charge in [-0.05, 0) is 194 Å². The number of fused-ring (bicyclic) bond motifs is 6. The molecule has 16 rings (SSSR count). The largest absolute Gasteiger partial charge is 0.494 e. The van der Waals surface area contributed by atoms with Gasteiger partial charge < -0.3 is 37.3 Å². The van der Waals surface area contributed by atoms with Gasteiger partial charge in [0.2, 0.25) is 0 Å². The van der Waals surface area contributed by atoms with Crippen LogP contribution in [0.5, 0.6) is 0 Å². The molecule has 0 spiro atoms. The highest BCUT2D eigenvalue weighted by atomic mass is 16.7. The highest BCUT2D eigenvalue weighted by Crippen LogP contribution is 2.48. The summed E-state index contributed by atoms with van der Waals surface area (Å²) in [5, 5.41) is 4.09. The van der Waals surface area contributed by atoms with Crippen LogP contribution < -0.4 is 20.7 Å². The minimum atomic E-state index is -0.783. The number of para-hydroxylation sites is 2. The van der Waals surface area contributed by atoms with Gasteiger partial charge in [0.05, 0.1) is 39.2 Å². The number of anilines is 6. The van der Waals surface area contributed by atoms with Gasteiger partial charge in [-0.15, -0.1) is 0 Å². The fraction of sp³-hybridized carbons (Fsp3) is 0.143. The highest BCUT2D eigenvalue weighted by Gasteiger charge is 2.55. The van der Waals surface area contributed by atoms with Gasteiger partial charge in [-0.25, -0.2) is 0 Å². The van der Waals surface area contributed by atoms with E-state index in [-0.39, 0.29) is 0 Å². The molecule has 0 aliphatic carbocycles. The van der Waals surface area contributed by atoms with Crippen molar-refractivity contribution in [3.8, 4) is 44.5 Å². The average molecular weight is 1230 g/mol. The van der Waals surface area contributed by atoms with Crippen LogP contribution in [0, 0.1) is 0 Å². The lowest BCUT2D eigenvalue weighted by Crippen LogP contribution is -2.46. The van der Waals surface area contributed by atoms with Gasteiger partial charge in [0.25, 0.3) is 0 Å². The molecule has 458 valence electrons. The summed E-state index contributed by atoms with van der Waals surface area (Å²) in [6.07, 6.45) is 0.563. The minimum absolute atomic E-state index is 0.536. The number of furan rings is 2. The van der Waals surface area contributed by atoms with Gasteiger partial charge in [0, 0.05) is 45.3 Å². The first kappa shape index (κ1) is 58.9. The first-order chi connectivity index (χ1) is 45.6. The molecule has 2 fully saturated rings. The summed E-state index contributed by atoms with van der Waals surface area (Å²) in [6, 6.07) is 101. The third kappa shape index (κ3) is 10.6. The van der Waals surface area contributed by atoms with Crippen LogP contribution in [0.4, 0.5) is 34.1 Å². The molecule has 2 aromatic heterocycles. The standard InChI is InChI=1S/C84H70B2N2O6/c1-81(2)82(3,4)92-85(91-81)65-49-63(59-28-16-10-17-29-59)52-70(53-65)88(68-45-41-62(42-46-68)58-26-14-9-15-27-58)75-35-22-33-71-73-48-56(38-47-77(73)90-80(71)75)55-84(7)83(5,6)93-86(94-84)66-50-64(60-30-18-11-19-31-60)51-69(54-66)87(67-43-39-61(40-44-67)57-24-12-8-13-25-57)74-34-23-37-78-79(74)72-32-20-21-36-76(72)89-78/h8-54H,55H2,1-7H3. The summed E-state index contributed by atoms with van der Waals surface area (Å²) in [5.41, 5.74) is 18.1. The summed E-state index contributed by atoms with van der Waals surface area (Å²) in [5.74, 6) is 0. The fourth-order valence-corrected chi connectivity index (χ4v) is 13.7. The molecule has 2 aliphatic heterocycles. The van der Waals surface area contributed by atoms with Crippen LogP contribution in [-0.2, 0) is 25.0 Å². The van der Waals surface area contributed by atoms with E-state index in [0.717, 1.165) is 139 Å². The van der Waals surface area contributed by atoms with E-state index in [4.69, 9.17) is 27.5 Å². The van der Waals surface area contributed by atoms with Gasteiger partial charge in [0.15, 0.2) is 5.58 Å². The molecule has 2 aliphatic rings. The maximum Gasteiger partial charge on any atom is 0.494 e. The smallest absolute Gasteiger partial charge is 0.456 e. The number of hydrogen-bond donors (Lipinski definition) is 0. The van der Waals surface area contributed by atoms with Gasteiger partial charge in [-0.3, -0.25) is 0 Å². The van der Waals surface area contributed by atoms with Crippen molar-refractivity contribution in [2.45, 2.75) is 77.3 Å². The van der Waals surface area contributed by atoms with Gasteiger partial charge in [-0.1, -0.05) is 200 Å². The Kier molecular flexibility index (Phi) is 14.5. The number of rotatable bonds is 14. The van der Waals surface area contributed by atoms with E-state index >= 15 is 0 Å². The van der Waals surface area contributed by atoms with Crippen molar-refractivity contribution >= 4 is 103 Å². The van der Waals surface area contributed by atoms with Crippen LogP contribution in [-0.4, -0.2) is 36.6 Å². The number of benzene rings is 12. The average Bonchev–Trinajstić information content (AvgIpc) is 1.55. The molecular formula is C84H70B2N2O6. The number of nitrogens with zero attached hydrogens (tertiary/aromatic N) is 2. The normalized spacial score (nSPS) is 16.6. The van der Waals surface area contributed by atoms with Crippen LogP contribution in [0.2, 0.25) is 0 Å². The Balaban J connectivity index is 0.781. The zero-order valence-electron chi connectivity index (χ0n) is 53.8. The molecule has 0 amide bonds. The van der Waals surface area contributed by atoms with E-state index in [1.807, 2.05) is 12.1 Å². The molecule has 0 radical (unpaired) electrons. The molecule has 14 aromatic rings. The molecule has 2 saturated heterocycles. The molecular weight excluding hydrogens is 1150 g/mol. The maximum atomic E-state index is 7.44. The van der Waals surface area contributed by atoms with Crippen LogP contribution in [0.1, 0.15) is 54.0 Å². The SMILES string of the molecule is CC1(C)OB(c2cc(-c3ccccc3)cc(N(c3ccc(-c4ccccc4)cc3)c3cccc4c3oc3ccc(CC5(C)OB(c6cc(-c7ccccc7)cc(N(c7ccc(-c8ccccc8)cc7)c7cccc8oc9ccccc9c78)c6)OC5(C)C)cc34)c2)OC1(C)C. The zero-order valence-corrected chi connectivity index (χ0v) is 53.8. The molecule has 10 heteroatoms. The van der Waals surface area contributed by atoms with Crippen LogP contribution in [0.15, 0.2) is 294 Å². The molecule has 0 bridgehead atoms. The second kappa shape index (κ2) is 23.1. The quantitative estimate of drug-likeness (QED) is 0.0998. The maximum absolute atomic E-state index is 7.44. The summed E-state index contributed by atoms with van der Waals surface area (Å²) < 4.78 is 41.9. The minimum Gasteiger partial charge on any atom is -0.456 e. The van der Waals surface area contributed by atoms with E-state index in [2.05, 4.69) is 331 Å². The lowest BCUT2D eigenvalue weighted by molar-refractivity contribution is -0.00875. The first-order valence-corrected chi connectivity index (χ1v) is 32.5. The Morgan fingerprint density at radius 3 is 1.28 bits per heavy atom. The second-order valence-corrected chi connectivity index (χ2v) is 26.8. The van der Waals surface area contributed by atoms with E-state index in [0.29, 0.717) is 6.42 Å². The molecule has 1 unspecified atom stereocenters. The summed E-state index contributed by atoms with van der Waals surface area (Å²) in [4.78, 5) is 4.67. The van der Waals surface area contributed by atoms with E-state index in [1.165, 1.54) is 0 Å². The van der Waals surface area contributed by atoms with Crippen molar-refractivity contribution in [1.82, 2.24) is 0 Å². The Hall–Kier alpha value is -10.2. The fourth-order valence-electron chi connectivity index (χ4n) is 13.7. The monoisotopic (exact) mass is 1220 g/mol. The second-order valence-electron chi connectivity index (χ2n) is 26.8. The number of hydrogen-bond acceptors (Lipinski definition) is 8. The van der Waals surface area contributed by atoms with Crippen LogP contribution in [0.25, 0.3) is 88.4 Å². The highest BCUT2D eigenvalue weighted by molar-refractivity contribution is 6.63. The summed E-state index contributed by atoms with van der Waals surface area (Å²) in [7, 11) is -1.31. The van der Waals surface area contributed by atoms with Crippen molar-refractivity contribution in [2.75, 3.05) is 9.80 Å². The van der Waals surface area contributed by atoms with Crippen LogP contribution in [0.3, 0.4) is 0 Å². The van der Waals surface area contributed by atoms with Gasteiger partial charge in [0.1, 0.15) is 16.7 Å². The van der Waals surface area contributed by atoms with E-state index in [1.54, 1.807) is 0 Å². The van der Waals surface area contributed by atoms with Crippen LogP contribution >= 0.6 is 0 Å². The van der Waals surface area contributed by atoms with E-state index in [9.17, 15) is 0 Å². The molecule has 0 saturated carbocycles. The van der Waals surface area contributed by atoms with Gasteiger partial charge in [-0.2, -0.15) is 0 Å². The first-order valence-electron chi connectivity index (χ1n) is 32.5. The Labute approximate surface area is 549 Å². The summed E-state index contributed by atoms with van der Waals surface area (Å²) >= 11 is 0. The van der Waals surface area contributed by atoms with Crippen molar-refractivity contribution in [2.24, 2.45) is 0 Å². The predicted molar refractivity (Wildman–Crippen MR) is 388 cm³/mol. The van der Waals surface area contributed by atoms with Crippen molar-refractivity contribution in [1.29, 1.82) is 0 Å². The molecule has 8 nitrogen and oxygen atoms in total. The lowest BCUT2D eigenvalue weighted by Gasteiger charge is -2.36. The molecule has 12 aromatic carbocycles. The molecule has 0 N–H and O–H groups in total. The third-order valence-electron chi connectivity index (χ3n) is 19.9. The summed E-state index contributed by atoms with van der Waals surface area (Å²) in [6.45, 7) is 14.9. The van der Waals surface area contributed by atoms with Crippen molar-refractivity contribution < 1.29 is 27.5 Å². The van der Waals surface area contributed by atoms with Crippen molar-refractivity contribution in [3.63, 3.8) is 0 Å². The molecule has 4 heterocycles. The molecule has 1 atom stereocenters. The van der Waals surface area contributed by atoms with Gasteiger partial charge >= 0.3 is 14.2 Å². The zero-order chi connectivity index (χ0) is 63.9. The molecule has 94 heavy (non-hydrogen) atoms. The Morgan fingerprint density at radius 2 is 0.723 bits per heavy atom. The van der Waals surface area contributed by atoms with Crippen molar-refractivity contribution in [3.05, 3.63) is 291 Å². The third-order valence-corrected chi connectivity index (χ3v) is 19.9. The van der Waals surface area contributed by atoms with E-state index < -0.39 is 36.6 Å². The topological polar surface area (TPSA) is 69.7 Å². The Bertz CT molecular complexity index is 5110. The lowest BCUT2D eigenvalue weighted by atomic mass is 9.77. The predicted octanol–water partition coefficient (Wildman–Crippen LogP) is 20.9.